The van der Waals surface area contributed by atoms with Crippen molar-refractivity contribution in [1.82, 2.24) is 0 Å². The number of alkyl halides is 3. The van der Waals surface area contributed by atoms with Gasteiger partial charge in [-0.3, -0.25) is 0 Å². The predicted molar refractivity (Wildman–Crippen MR) is 111 cm³/mol. The lowest BCUT2D eigenvalue weighted by atomic mass is 9.91. The van der Waals surface area contributed by atoms with E-state index in [-0.39, 0.29) is 35.5 Å². The monoisotopic (exact) mass is 450 g/mol. The fourth-order valence-electron chi connectivity index (χ4n) is 3.38. The Bertz CT molecular complexity index is 1080. The number of rotatable bonds is 6. The average Bonchev–Trinajstić information content (AvgIpc) is 3.26. The van der Waals surface area contributed by atoms with Gasteiger partial charge in [0.2, 0.25) is 0 Å². The third-order valence-electron chi connectivity index (χ3n) is 4.93. The van der Waals surface area contributed by atoms with E-state index in [0.717, 1.165) is 17.7 Å². The van der Waals surface area contributed by atoms with E-state index in [4.69, 9.17) is 14.2 Å². The summed E-state index contributed by atoms with van der Waals surface area (Å²) in [5, 5.41) is 3.70. The van der Waals surface area contributed by atoms with Gasteiger partial charge in [0.1, 0.15) is 17.3 Å². The zero-order valence-corrected chi connectivity index (χ0v) is 17.2. The third kappa shape index (κ3) is 4.18. The number of thiophene rings is 1. The molecular weight excluding hydrogens is 432 g/mol. The minimum atomic E-state index is -4.90. The molecule has 1 aliphatic heterocycles. The molecule has 1 aliphatic rings. The Morgan fingerprint density at radius 3 is 2.48 bits per heavy atom. The van der Waals surface area contributed by atoms with Crippen LogP contribution in [0, 0.1) is 5.82 Å². The molecule has 31 heavy (non-hydrogen) atoms. The number of hydrogen-bond acceptors (Lipinski definition) is 4. The number of methoxy groups -OCH3 is 1. The summed E-state index contributed by atoms with van der Waals surface area (Å²) in [6.45, 7) is -0.222. The first kappa shape index (κ1) is 21.4. The maximum absolute atomic E-state index is 14.5. The molecule has 0 bridgehead atoms. The second-order valence-electron chi connectivity index (χ2n) is 6.92. The standard InChI is InChI=1S/C23H18F4O3S/c1-28-19-5-2-16(3-6-19)20-13-17-12-18(24)4-7-21(17)30-22(20,23(25,26)27)29-10-8-15-9-11-31-14-15/h2-7,9,11-14H,8,10H2,1H3. The van der Waals surface area contributed by atoms with Crippen molar-refractivity contribution in [1.29, 1.82) is 0 Å². The van der Waals surface area contributed by atoms with E-state index in [0.29, 0.717) is 5.75 Å². The van der Waals surface area contributed by atoms with Crippen LogP contribution in [0.3, 0.4) is 0 Å². The molecule has 3 nitrogen and oxygen atoms in total. The molecule has 1 aromatic heterocycles. The van der Waals surface area contributed by atoms with Crippen LogP contribution in [0.2, 0.25) is 0 Å². The maximum Gasteiger partial charge on any atom is 0.460 e. The summed E-state index contributed by atoms with van der Waals surface area (Å²) >= 11 is 1.46. The molecule has 8 heteroatoms. The zero-order valence-electron chi connectivity index (χ0n) is 16.4. The van der Waals surface area contributed by atoms with E-state index in [1.807, 2.05) is 16.8 Å². The Balaban J connectivity index is 1.80. The predicted octanol–water partition coefficient (Wildman–Crippen LogP) is 6.35. The van der Waals surface area contributed by atoms with Gasteiger partial charge in [-0.05, 0) is 70.8 Å². The molecule has 2 aromatic carbocycles. The zero-order chi connectivity index (χ0) is 22.1. The summed E-state index contributed by atoms with van der Waals surface area (Å²) in [5.41, 5.74) is 1.04. The molecule has 3 aromatic rings. The molecule has 2 heterocycles. The fourth-order valence-corrected chi connectivity index (χ4v) is 4.08. The molecular formula is C23H18F4O3S. The van der Waals surface area contributed by atoms with Crippen LogP contribution in [0.1, 0.15) is 16.7 Å². The SMILES string of the molecule is COc1ccc(C2=Cc3cc(F)ccc3OC2(OCCc2ccsc2)C(F)(F)F)cc1. The lowest BCUT2D eigenvalue weighted by Gasteiger charge is -2.40. The molecule has 1 unspecified atom stereocenters. The summed E-state index contributed by atoms with van der Waals surface area (Å²) in [5.74, 6) is -3.23. The Hall–Kier alpha value is -2.84. The van der Waals surface area contributed by atoms with E-state index in [1.54, 1.807) is 12.1 Å². The number of halogens is 4. The Labute approximate surface area is 180 Å². The second-order valence-corrected chi connectivity index (χ2v) is 7.70. The molecule has 162 valence electrons. The molecule has 0 fully saturated rings. The minimum absolute atomic E-state index is 0.105. The summed E-state index contributed by atoms with van der Waals surface area (Å²) in [7, 11) is 1.46. The van der Waals surface area contributed by atoms with Crippen molar-refractivity contribution < 1.29 is 31.8 Å². The quantitative estimate of drug-likeness (QED) is 0.410. The molecule has 0 spiro atoms. The summed E-state index contributed by atoms with van der Waals surface area (Å²) in [6, 6.07) is 11.3. The molecule has 1 atom stereocenters. The number of ether oxygens (including phenoxy) is 3. The van der Waals surface area contributed by atoms with Gasteiger partial charge in [-0.25, -0.2) is 4.39 Å². The van der Waals surface area contributed by atoms with Crippen LogP contribution in [0.15, 0.2) is 59.3 Å². The number of benzene rings is 2. The van der Waals surface area contributed by atoms with Crippen molar-refractivity contribution >= 4 is 23.0 Å². The van der Waals surface area contributed by atoms with Crippen LogP contribution < -0.4 is 9.47 Å². The van der Waals surface area contributed by atoms with Crippen molar-refractivity contribution in [2.45, 2.75) is 18.4 Å². The third-order valence-corrected chi connectivity index (χ3v) is 5.66. The highest BCUT2D eigenvalue weighted by atomic mass is 32.1. The molecule has 0 saturated heterocycles. The van der Waals surface area contributed by atoms with Crippen LogP contribution in [0.5, 0.6) is 11.5 Å². The normalized spacial score (nSPS) is 18.2. The van der Waals surface area contributed by atoms with Gasteiger partial charge in [0.25, 0.3) is 0 Å². The van der Waals surface area contributed by atoms with Crippen molar-refractivity contribution in [3.05, 3.63) is 81.8 Å². The van der Waals surface area contributed by atoms with E-state index in [1.165, 1.54) is 42.7 Å². The van der Waals surface area contributed by atoms with Gasteiger partial charge in [0, 0.05) is 11.1 Å². The van der Waals surface area contributed by atoms with Gasteiger partial charge in [0.05, 0.1) is 13.7 Å². The highest BCUT2D eigenvalue weighted by molar-refractivity contribution is 7.07. The van der Waals surface area contributed by atoms with Gasteiger partial charge in [-0.1, -0.05) is 12.1 Å². The Morgan fingerprint density at radius 2 is 1.84 bits per heavy atom. The van der Waals surface area contributed by atoms with E-state index >= 15 is 0 Å². The molecule has 0 aliphatic carbocycles. The number of hydrogen-bond donors (Lipinski definition) is 0. The van der Waals surface area contributed by atoms with Gasteiger partial charge < -0.3 is 14.2 Å². The van der Waals surface area contributed by atoms with Gasteiger partial charge in [-0.2, -0.15) is 24.5 Å². The van der Waals surface area contributed by atoms with Gasteiger partial charge in [0.15, 0.2) is 0 Å². The van der Waals surface area contributed by atoms with Crippen LogP contribution in [-0.4, -0.2) is 25.7 Å². The van der Waals surface area contributed by atoms with E-state index in [2.05, 4.69) is 0 Å². The summed E-state index contributed by atoms with van der Waals surface area (Å²) in [4.78, 5) is 0. The summed E-state index contributed by atoms with van der Waals surface area (Å²) < 4.78 is 73.4. The summed E-state index contributed by atoms with van der Waals surface area (Å²) in [6.07, 6.45) is -3.35. The Morgan fingerprint density at radius 1 is 1.06 bits per heavy atom. The van der Waals surface area contributed by atoms with Crippen LogP contribution in [0.4, 0.5) is 17.6 Å². The van der Waals surface area contributed by atoms with Crippen LogP contribution >= 0.6 is 11.3 Å². The Kier molecular flexibility index (Phi) is 5.77. The lowest BCUT2D eigenvalue weighted by Crippen LogP contribution is -2.54. The number of fused-ring (bicyclic) bond motifs is 1. The van der Waals surface area contributed by atoms with Crippen molar-refractivity contribution in [2.24, 2.45) is 0 Å². The largest absolute Gasteiger partial charge is 0.497 e. The van der Waals surface area contributed by atoms with Gasteiger partial charge in [-0.15, -0.1) is 0 Å². The highest BCUT2D eigenvalue weighted by Gasteiger charge is 2.63. The van der Waals surface area contributed by atoms with Crippen LogP contribution in [0.25, 0.3) is 11.6 Å². The smallest absolute Gasteiger partial charge is 0.460 e. The van der Waals surface area contributed by atoms with Crippen molar-refractivity contribution in [3.63, 3.8) is 0 Å². The first-order chi connectivity index (χ1) is 14.8. The van der Waals surface area contributed by atoms with E-state index in [9.17, 15) is 17.6 Å². The molecule has 0 N–H and O–H groups in total. The first-order valence-corrected chi connectivity index (χ1v) is 10.3. The van der Waals surface area contributed by atoms with Gasteiger partial charge >= 0.3 is 12.0 Å². The maximum atomic E-state index is 14.5. The second kappa shape index (κ2) is 8.36. The molecule has 0 amide bonds. The van der Waals surface area contributed by atoms with E-state index < -0.39 is 17.8 Å². The first-order valence-electron chi connectivity index (χ1n) is 9.39. The highest BCUT2D eigenvalue weighted by Crippen LogP contribution is 2.50. The minimum Gasteiger partial charge on any atom is -0.497 e. The lowest BCUT2D eigenvalue weighted by molar-refractivity contribution is -0.322. The average molecular weight is 450 g/mol. The van der Waals surface area contributed by atoms with Crippen LogP contribution in [-0.2, 0) is 11.2 Å². The van der Waals surface area contributed by atoms with Crippen molar-refractivity contribution in [3.8, 4) is 11.5 Å². The van der Waals surface area contributed by atoms with Crippen molar-refractivity contribution in [2.75, 3.05) is 13.7 Å². The molecule has 0 saturated carbocycles. The topological polar surface area (TPSA) is 27.7 Å². The molecule has 4 rings (SSSR count). The fraction of sp³-hybridized carbons (Fsp3) is 0.217. The molecule has 0 radical (unpaired) electrons.